The van der Waals surface area contributed by atoms with Crippen LogP contribution in [-0.4, -0.2) is 55.6 Å². The smallest absolute Gasteiger partial charge is 0.315 e. The van der Waals surface area contributed by atoms with E-state index in [-0.39, 0.29) is 30.2 Å². The molecule has 2 N–H and O–H groups in total. The molecular formula is C18H25FN4O2. The summed E-state index contributed by atoms with van der Waals surface area (Å²) in [6.07, 6.45) is 3.74. The second-order valence-electron chi connectivity index (χ2n) is 6.68. The molecule has 2 heterocycles. The van der Waals surface area contributed by atoms with E-state index in [2.05, 4.69) is 15.5 Å². The Morgan fingerprint density at radius 1 is 1.20 bits per heavy atom. The molecule has 0 aliphatic carbocycles. The van der Waals surface area contributed by atoms with Gasteiger partial charge in [-0.25, -0.2) is 9.18 Å². The first-order valence-electron chi connectivity index (χ1n) is 8.94. The molecule has 3 amide bonds. The SMILES string of the molecule is O=C(NCCCN1CCCC1)N[C@H]1CC(=O)N(c2ccc(F)cc2)C1. The summed E-state index contributed by atoms with van der Waals surface area (Å²) in [7, 11) is 0. The molecule has 6 nitrogen and oxygen atoms in total. The summed E-state index contributed by atoms with van der Waals surface area (Å²) < 4.78 is 13.0. The molecule has 1 atom stereocenters. The molecule has 0 radical (unpaired) electrons. The minimum Gasteiger partial charge on any atom is -0.338 e. The van der Waals surface area contributed by atoms with Crippen molar-refractivity contribution in [2.45, 2.75) is 31.7 Å². The maximum Gasteiger partial charge on any atom is 0.315 e. The standard InChI is InChI=1S/C18H25FN4O2/c19-14-4-6-16(7-5-14)23-13-15(12-17(23)24)21-18(25)20-8-3-11-22-9-1-2-10-22/h4-7,15H,1-3,8-13H2,(H2,20,21,25)/t15-/m0/s1. The zero-order valence-corrected chi connectivity index (χ0v) is 14.3. The number of nitrogens with one attached hydrogen (secondary N) is 2. The molecule has 2 aliphatic heterocycles. The van der Waals surface area contributed by atoms with Crippen molar-refractivity contribution in [2.75, 3.05) is 37.6 Å². The Labute approximate surface area is 147 Å². The lowest BCUT2D eigenvalue weighted by Crippen LogP contribution is -2.44. The average Bonchev–Trinajstić information content (AvgIpc) is 3.22. The number of nitrogens with zero attached hydrogens (tertiary/aromatic N) is 2. The van der Waals surface area contributed by atoms with E-state index >= 15 is 0 Å². The molecule has 3 rings (SSSR count). The van der Waals surface area contributed by atoms with Gasteiger partial charge in [0.05, 0.1) is 6.04 Å². The maximum absolute atomic E-state index is 13.0. The van der Waals surface area contributed by atoms with Crippen LogP contribution in [0.5, 0.6) is 0 Å². The van der Waals surface area contributed by atoms with Gasteiger partial charge >= 0.3 is 6.03 Å². The van der Waals surface area contributed by atoms with E-state index in [1.165, 1.54) is 25.0 Å². The number of benzene rings is 1. The first kappa shape index (κ1) is 17.7. The highest BCUT2D eigenvalue weighted by Gasteiger charge is 2.31. The molecule has 0 unspecified atom stereocenters. The fraction of sp³-hybridized carbons (Fsp3) is 0.556. The molecule has 0 spiro atoms. The van der Waals surface area contributed by atoms with Gasteiger partial charge in [-0.05, 0) is 63.2 Å². The zero-order valence-electron chi connectivity index (χ0n) is 14.3. The average molecular weight is 348 g/mol. The number of anilines is 1. The largest absolute Gasteiger partial charge is 0.338 e. The van der Waals surface area contributed by atoms with Gasteiger partial charge in [-0.3, -0.25) is 4.79 Å². The summed E-state index contributed by atoms with van der Waals surface area (Å²) in [5.74, 6) is -0.399. The molecule has 0 saturated carbocycles. The Hall–Kier alpha value is -2.15. The fourth-order valence-corrected chi connectivity index (χ4v) is 3.42. The Kier molecular flexibility index (Phi) is 5.86. The van der Waals surface area contributed by atoms with Gasteiger partial charge in [-0.15, -0.1) is 0 Å². The van der Waals surface area contributed by atoms with E-state index in [4.69, 9.17) is 0 Å². The van der Waals surface area contributed by atoms with Crippen LogP contribution in [0.15, 0.2) is 24.3 Å². The Morgan fingerprint density at radius 3 is 2.64 bits per heavy atom. The summed E-state index contributed by atoms with van der Waals surface area (Å²) in [6, 6.07) is 5.35. The normalized spacial score (nSPS) is 20.9. The van der Waals surface area contributed by atoms with Crippen LogP contribution >= 0.6 is 0 Å². The highest BCUT2D eigenvalue weighted by Crippen LogP contribution is 2.21. The fourth-order valence-electron chi connectivity index (χ4n) is 3.42. The molecule has 7 heteroatoms. The Morgan fingerprint density at radius 2 is 1.92 bits per heavy atom. The van der Waals surface area contributed by atoms with Crippen LogP contribution < -0.4 is 15.5 Å². The molecule has 2 aliphatic rings. The van der Waals surface area contributed by atoms with Crippen molar-refractivity contribution < 1.29 is 14.0 Å². The van der Waals surface area contributed by atoms with Gasteiger partial charge in [-0.2, -0.15) is 0 Å². The van der Waals surface area contributed by atoms with Crippen molar-refractivity contribution >= 4 is 17.6 Å². The number of rotatable bonds is 6. The molecule has 1 aromatic rings. The van der Waals surface area contributed by atoms with Crippen LogP contribution in [0, 0.1) is 5.82 Å². The number of amides is 3. The van der Waals surface area contributed by atoms with Crippen molar-refractivity contribution in [2.24, 2.45) is 0 Å². The molecule has 2 fully saturated rings. The first-order valence-corrected chi connectivity index (χ1v) is 8.94. The minimum atomic E-state index is -0.335. The lowest BCUT2D eigenvalue weighted by molar-refractivity contribution is -0.117. The number of likely N-dealkylation sites (tertiary alicyclic amines) is 1. The summed E-state index contributed by atoms with van der Waals surface area (Å²) in [5, 5.41) is 5.70. The molecule has 2 saturated heterocycles. The van der Waals surface area contributed by atoms with Crippen molar-refractivity contribution in [3.63, 3.8) is 0 Å². The summed E-state index contributed by atoms with van der Waals surface area (Å²) in [5.41, 5.74) is 0.654. The van der Waals surface area contributed by atoms with Gasteiger partial charge in [0.1, 0.15) is 5.82 Å². The van der Waals surface area contributed by atoms with Gasteiger partial charge in [0.15, 0.2) is 0 Å². The highest BCUT2D eigenvalue weighted by atomic mass is 19.1. The molecular weight excluding hydrogens is 323 g/mol. The number of halogens is 1. The lowest BCUT2D eigenvalue weighted by atomic mass is 10.2. The van der Waals surface area contributed by atoms with E-state index in [9.17, 15) is 14.0 Å². The third-order valence-electron chi connectivity index (χ3n) is 4.73. The van der Waals surface area contributed by atoms with Crippen molar-refractivity contribution in [1.29, 1.82) is 0 Å². The van der Waals surface area contributed by atoms with E-state index in [0.717, 1.165) is 26.1 Å². The quantitative estimate of drug-likeness (QED) is 0.770. The van der Waals surface area contributed by atoms with E-state index in [0.29, 0.717) is 18.8 Å². The summed E-state index contributed by atoms with van der Waals surface area (Å²) in [4.78, 5) is 28.1. The first-order chi connectivity index (χ1) is 12.1. The van der Waals surface area contributed by atoms with E-state index < -0.39 is 0 Å². The van der Waals surface area contributed by atoms with E-state index in [1.54, 1.807) is 17.0 Å². The van der Waals surface area contributed by atoms with Gasteiger partial charge < -0.3 is 20.4 Å². The topological polar surface area (TPSA) is 64.7 Å². The second-order valence-corrected chi connectivity index (χ2v) is 6.68. The van der Waals surface area contributed by atoms with Crippen molar-refractivity contribution in [1.82, 2.24) is 15.5 Å². The number of hydrogen-bond donors (Lipinski definition) is 2. The van der Waals surface area contributed by atoms with Crippen molar-refractivity contribution in [3.05, 3.63) is 30.1 Å². The van der Waals surface area contributed by atoms with Crippen molar-refractivity contribution in [3.8, 4) is 0 Å². The number of hydrogen-bond acceptors (Lipinski definition) is 3. The van der Waals surface area contributed by atoms with Crippen LogP contribution in [0.1, 0.15) is 25.7 Å². The predicted molar refractivity (Wildman–Crippen MR) is 94.0 cm³/mol. The molecule has 0 bridgehead atoms. The molecule has 136 valence electrons. The molecule has 0 aromatic heterocycles. The molecule has 25 heavy (non-hydrogen) atoms. The lowest BCUT2D eigenvalue weighted by Gasteiger charge is -2.18. The second kappa shape index (κ2) is 8.29. The van der Waals surface area contributed by atoms with Gasteiger partial charge in [0.2, 0.25) is 5.91 Å². The van der Waals surface area contributed by atoms with Crippen LogP contribution in [0.3, 0.4) is 0 Å². The Balaban J connectivity index is 1.38. The highest BCUT2D eigenvalue weighted by molar-refractivity contribution is 5.96. The Bertz CT molecular complexity index is 602. The number of carbonyl (C=O) groups is 2. The third kappa shape index (κ3) is 4.92. The monoisotopic (exact) mass is 348 g/mol. The minimum absolute atomic E-state index is 0.0639. The van der Waals surface area contributed by atoms with Gasteiger partial charge in [0.25, 0.3) is 0 Å². The zero-order chi connectivity index (χ0) is 17.6. The maximum atomic E-state index is 13.0. The van der Waals surface area contributed by atoms with Crippen LogP contribution in [0.4, 0.5) is 14.9 Å². The predicted octanol–water partition coefficient (Wildman–Crippen LogP) is 1.72. The van der Waals surface area contributed by atoms with Crippen LogP contribution in [0.25, 0.3) is 0 Å². The summed E-state index contributed by atoms with van der Waals surface area (Å²) in [6.45, 7) is 4.38. The van der Waals surface area contributed by atoms with Crippen LogP contribution in [-0.2, 0) is 4.79 Å². The third-order valence-corrected chi connectivity index (χ3v) is 4.73. The number of carbonyl (C=O) groups excluding carboxylic acids is 2. The molecule has 1 aromatic carbocycles. The van der Waals surface area contributed by atoms with E-state index in [1.807, 2.05) is 0 Å². The van der Waals surface area contributed by atoms with Gasteiger partial charge in [-0.1, -0.05) is 0 Å². The van der Waals surface area contributed by atoms with Gasteiger partial charge in [0, 0.05) is 25.2 Å². The van der Waals surface area contributed by atoms with Crippen LogP contribution in [0.2, 0.25) is 0 Å². The summed E-state index contributed by atoms with van der Waals surface area (Å²) >= 11 is 0. The number of urea groups is 1.